The van der Waals surface area contributed by atoms with Crippen molar-refractivity contribution in [1.29, 1.82) is 0 Å². The van der Waals surface area contributed by atoms with Gasteiger partial charge in [0.2, 0.25) is 5.91 Å². The highest BCUT2D eigenvalue weighted by molar-refractivity contribution is 5.86. The summed E-state index contributed by atoms with van der Waals surface area (Å²) in [5.74, 6) is -1.58. The Kier molecular flexibility index (Phi) is 7.02. The van der Waals surface area contributed by atoms with Gasteiger partial charge in [-0.2, -0.15) is 0 Å². The predicted octanol–water partition coefficient (Wildman–Crippen LogP) is 0.653. The van der Waals surface area contributed by atoms with E-state index in [0.29, 0.717) is 12.8 Å². The zero-order valence-electron chi connectivity index (χ0n) is 12.8. The van der Waals surface area contributed by atoms with Crippen LogP contribution in [0.4, 0.5) is 4.79 Å². The summed E-state index contributed by atoms with van der Waals surface area (Å²) in [6.45, 7) is 5.34. The van der Waals surface area contributed by atoms with Crippen LogP contribution >= 0.6 is 0 Å². The van der Waals surface area contributed by atoms with E-state index in [1.54, 1.807) is 20.8 Å². The van der Waals surface area contributed by atoms with E-state index >= 15 is 0 Å². The number of amides is 3. The average Bonchev–Trinajstić information content (AvgIpc) is 2.42. The lowest BCUT2D eigenvalue weighted by atomic mass is 9.93. The maximum Gasteiger partial charge on any atom is 0.329 e. The summed E-state index contributed by atoms with van der Waals surface area (Å²) in [7, 11) is 3.06. The molecule has 7 heteroatoms. The third kappa shape index (κ3) is 4.40. The second-order valence-corrected chi connectivity index (χ2v) is 4.92. The maximum absolute atomic E-state index is 12.0. The van der Waals surface area contributed by atoms with Gasteiger partial charge in [0, 0.05) is 20.6 Å². The molecule has 0 aromatic rings. The molecule has 1 unspecified atom stereocenters. The molecule has 7 nitrogen and oxygen atoms in total. The minimum Gasteiger partial charge on any atom is -0.480 e. The van der Waals surface area contributed by atoms with Crippen molar-refractivity contribution in [3.63, 3.8) is 0 Å². The van der Waals surface area contributed by atoms with Crippen LogP contribution in [0.3, 0.4) is 0 Å². The van der Waals surface area contributed by atoms with Gasteiger partial charge in [-0.05, 0) is 12.8 Å². The molecule has 116 valence electrons. The summed E-state index contributed by atoms with van der Waals surface area (Å²) in [5, 5.41) is 14.3. The largest absolute Gasteiger partial charge is 0.480 e. The minimum atomic E-state index is -1.26. The quantitative estimate of drug-likeness (QED) is 0.640. The van der Waals surface area contributed by atoms with Gasteiger partial charge in [-0.3, -0.25) is 4.79 Å². The molecule has 0 saturated heterocycles. The van der Waals surface area contributed by atoms with Gasteiger partial charge < -0.3 is 20.6 Å². The summed E-state index contributed by atoms with van der Waals surface area (Å²) < 4.78 is 0. The van der Waals surface area contributed by atoms with Crippen LogP contribution in [-0.2, 0) is 9.59 Å². The third-order valence-electron chi connectivity index (χ3n) is 3.55. The van der Waals surface area contributed by atoms with Crippen LogP contribution in [0.15, 0.2) is 0 Å². The number of hydrogen-bond donors (Lipinski definition) is 3. The number of carbonyl (C=O) groups is 3. The highest BCUT2D eigenvalue weighted by Gasteiger charge is 2.37. The highest BCUT2D eigenvalue weighted by atomic mass is 16.4. The molecule has 0 aliphatic carbocycles. The fraction of sp³-hybridized carbons (Fsp3) is 0.769. The van der Waals surface area contributed by atoms with E-state index in [4.69, 9.17) is 0 Å². The Morgan fingerprint density at radius 3 is 2.10 bits per heavy atom. The van der Waals surface area contributed by atoms with Crippen LogP contribution in [0.5, 0.6) is 0 Å². The molecule has 0 rings (SSSR count). The fourth-order valence-electron chi connectivity index (χ4n) is 1.91. The Balaban J connectivity index is 4.74. The Morgan fingerprint density at radius 2 is 1.75 bits per heavy atom. The maximum atomic E-state index is 12.0. The SMILES string of the molecule is CCC(CC)(NC(=O)N(C)CC(C)C(=O)NC)C(=O)O. The van der Waals surface area contributed by atoms with Gasteiger partial charge in [-0.15, -0.1) is 0 Å². The Morgan fingerprint density at radius 1 is 1.25 bits per heavy atom. The molecule has 1 atom stereocenters. The van der Waals surface area contributed by atoms with Crippen molar-refractivity contribution >= 4 is 17.9 Å². The number of carbonyl (C=O) groups excluding carboxylic acids is 2. The Bertz CT molecular complexity index is 367. The van der Waals surface area contributed by atoms with E-state index < -0.39 is 17.5 Å². The number of aliphatic carboxylic acids is 1. The molecule has 0 fully saturated rings. The van der Waals surface area contributed by atoms with Crippen LogP contribution in [0.2, 0.25) is 0 Å². The summed E-state index contributed by atoms with van der Waals surface area (Å²) in [4.78, 5) is 36.1. The van der Waals surface area contributed by atoms with E-state index in [1.807, 2.05) is 0 Å². The van der Waals surface area contributed by atoms with Crippen LogP contribution < -0.4 is 10.6 Å². The fourth-order valence-corrected chi connectivity index (χ4v) is 1.91. The number of carboxylic acid groups (broad SMARTS) is 1. The molecule has 0 saturated carbocycles. The van der Waals surface area contributed by atoms with Crippen molar-refractivity contribution in [3.05, 3.63) is 0 Å². The number of urea groups is 1. The molecule has 0 aliphatic rings. The molecule has 0 bridgehead atoms. The molecule has 0 aromatic carbocycles. The first-order valence-corrected chi connectivity index (χ1v) is 6.72. The molecule has 3 amide bonds. The number of nitrogens with one attached hydrogen (secondary N) is 2. The van der Waals surface area contributed by atoms with Gasteiger partial charge in [0.1, 0.15) is 5.54 Å². The molecule has 20 heavy (non-hydrogen) atoms. The average molecular weight is 287 g/mol. The Labute approximate surface area is 119 Å². The molecule has 0 aliphatic heterocycles. The number of nitrogens with zero attached hydrogens (tertiary/aromatic N) is 1. The molecule has 0 heterocycles. The second kappa shape index (κ2) is 7.72. The zero-order chi connectivity index (χ0) is 15.9. The molecule has 0 aromatic heterocycles. The van der Waals surface area contributed by atoms with E-state index in [9.17, 15) is 19.5 Å². The lowest BCUT2D eigenvalue weighted by Gasteiger charge is -2.31. The molecular weight excluding hydrogens is 262 g/mol. The van der Waals surface area contributed by atoms with E-state index in [0.717, 1.165) is 0 Å². The Hall–Kier alpha value is -1.79. The van der Waals surface area contributed by atoms with E-state index in [-0.39, 0.29) is 18.4 Å². The standard InChI is InChI=1S/C13H25N3O4/c1-6-13(7-2,11(18)19)15-12(20)16(5)8-9(3)10(17)14-4/h9H,6-8H2,1-5H3,(H,14,17)(H,15,20)(H,18,19). The minimum absolute atomic E-state index is 0.167. The summed E-state index contributed by atoms with van der Waals surface area (Å²) in [6, 6.07) is -0.494. The lowest BCUT2D eigenvalue weighted by molar-refractivity contribution is -0.144. The van der Waals surface area contributed by atoms with Crippen molar-refractivity contribution in [2.24, 2.45) is 5.92 Å². The summed E-state index contributed by atoms with van der Waals surface area (Å²) in [5.41, 5.74) is -1.26. The first kappa shape index (κ1) is 18.2. The first-order chi connectivity index (χ1) is 9.23. The lowest BCUT2D eigenvalue weighted by Crippen LogP contribution is -2.57. The van der Waals surface area contributed by atoms with Crippen molar-refractivity contribution < 1.29 is 19.5 Å². The van der Waals surface area contributed by atoms with Crippen molar-refractivity contribution in [2.75, 3.05) is 20.6 Å². The molecule has 0 spiro atoms. The first-order valence-electron chi connectivity index (χ1n) is 6.72. The van der Waals surface area contributed by atoms with Crippen molar-refractivity contribution in [2.45, 2.75) is 39.2 Å². The summed E-state index contributed by atoms with van der Waals surface area (Å²) in [6.07, 6.45) is 0.590. The van der Waals surface area contributed by atoms with Gasteiger partial charge in [-0.1, -0.05) is 20.8 Å². The van der Waals surface area contributed by atoms with Crippen LogP contribution in [0, 0.1) is 5.92 Å². The molecular formula is C13H25N3O4. The predicted molar refractivity (Wildman–Crippen MR) is 75.3 cm³/mol. The van der Waals surface area contributed by atoms with Crippen molar-refractivity contribution in [3.8, 4) is 0 Å². The van der Waals surface area contributed by atoms with E-state index in [1.165, 1.54) is 19.0 Å². The number of rotatable bonds is 7. The van der Waals surface area contributed by atoms with Gasteiger partial charge in [0.25, 0.3) is 0 Å². The monoisotopic (exact) mass is 287 g/mol. The van der Waals surface area contributed by atoms with Crippen LogP contribution in [0.25, 0.3) is 0 Å². The number of hydrogen-bond acceptors (Lipinski definition) is 3. The van der Waals surface area contributed by atoms with E-state index in [2.05, 4.69) is 10.6 Å². The number of carboxylic acids is 1. The van der Waals surface area contributed by atoms with Gasteiger partial charge in [0.05, 0.1) is 5.92 Å². The van der Waals surface area contributed by atoms with Gasteiger partial charge in [-0.25, -0.2) is 9.59 Å². The normalized spacial score (nSPS) is 12.4. The topological polar surface area (TPSA) is 98.7 Å². The van der Waals surface area contributed by atoms with Gasteiger partial charge >= 0.3 is 12.0 Å². The smallest absolute Gasteiger partial charge is 0.329 e. The van der Waals surface area contributed by atoms with Crippen LogP contribution in [0.1, 0.15) is 33.6 Å². The zero-order valence-corrected chi connectivity index (χ0v) is 12.8. The highest BCUT2D eigenvalue weighted by Crippen LogP contribution is 2.16. The van der Waals surface area contributed by atoms with Crippen molar-refractivity contribution in [1.82, 2.24) is 15.5 Å². The molecule has 3 N–H and O–H groups in total. The molecule has 0 radical (unpaired) electrons. The summed E-state index contributed by atoms with van der Waals surface area (Å²) >= 11 is 0. The van der Waals surface area contributed by atoms with Crippen LogP contribution in [-0.4, -0.2) is 54.1 Å². The van der Waals surface area contributed by atoms with Gasteiger partial charge in [0.15, 0.2) is 0 Å². The third-order valence-corrected chi connectivity index (χ3v) is 3.55. The second-order valence-electron chi connectivity index (χ2n) is 4.92.